The Kier molecular flexibility index (Phi) is 5.33. The molecule has 0 spiro atoms. The van der Waals surface area contributed by atoms with E-state index in [0.717, 1.165) is 16.4 Å². The van der Waals surface area contributed by atoms with Gasteiger partial charge in [-0.2, -0.15) is 4.31 Å². The molecule has 9 heteroatoms. The summed E-state index contributed by atoms with van der Waals surface area (Å²) in [5.41, 5.74) is 0.694. The number of sulfonamides is 1. The van der Waals surface area contributed by atoms with E-state index in [0.29, 0.717) is 11.6 Å². The molecule has 0 bridgehead atoms. The van der Waals surface area contributed by atoms with Crippen molar-refractivity contribution in [3.8, 4) is 11.5 Å². The monoisotopic (exact) mass is 393 g/mol. The minimum atomic E-state index is -4.24. The second kappa shape index (κ2) is 7.53. The summed E-state index contributed by atoms with van der Waals surface area (Å²) < 4.78 is 59.5. The van der Waals surface area contributed by atoms with E-state index in [1.165, 1.54) is 0 Å². The Labute approximate surface area is 155 Å². The van der Waals surface area contributed by atoms with Crippen LogP contribution in [0.4, 0.5) is 8.78 Å². The molecule has 0 unspecified atom stereocenters. The fourth-order valence-corrected chi connectivity index (χ4v) is 4.14. The molecule has 3 aromatic rings. The molecule has 27 heavy (non-hydrogen) atoms. The van der Waals surface area contributed by atoms with Crippen molar-refractivity contribution in [2.45, 2.75) is 31.3 Å². The van der Waals surface area contributed by atoms with E-state index in [4.69, 9.17) is 4.42 Å². The fourth-order valence-electron chi connectivity index (χ4n) is 2.50. The maximum absolute atomic E-state index is 14.0. The first-order chi connectivity index (χ1) is 12.8. The lowest BCUT2D eigenvalue weighted by atomic mass is 10.2. The summed E-state index contributed by atoms with van der Waals surface area (Å²) in [6.07, 6.45) is 0. The molecule has 1 aromatic heterocycles. The largest absolute Gasteiger partial charge is 0.419 e. The van der Waals surface area contributed by atoms with E-state index in [-0.39, 0.29) is 18.3 Å². The minimum absolute atomic E-state index is 0.0636. The molecule has 0 atom stereocenters. The smallest absolute Gasteiger partial charge is 0.247 e. The standard InChI is InChI=1S/C18H17F2N3O3S/c1-12(2)23(27(24,25)16-9-8-14(19)10-15(16)20)11-17-21-22-18(26-17)13-6-4-3-5-7-13/h3-10,12H,11H2,1-2H3. The molecule has 0 fully saturated rings. The van der Waals surface area contributed by atoms with Crippen LogP contribution in [0.5, 0.6) is 0 Å². The zero-order valence-corrected chi connectivity index (χ0v) is 15.5. The van der Waals surface area contributed by atoms with Gasteiger partial charge in [0.15, 0.2) is 0 Å². The van der Waals surface area contributed by atoms with E-state index in [9.17, 15) is 17.2 Å². The second-order valence-corrected chi connectivity index (χ2v) is 7.94. The molecule has 0 aliphatic carbocycles. The first-order valence-corrected chi connectivity index (χ1v) is 9.57. The lowest BCUT2D eigenvalue weighted by molar-refractivity contribution is 0.311. The van der Waals surface area contributed by atoms with Crippen molar-refractivity contribution in [3.05, 3.63) is 66.1 Å². The average Bonchev–Trinajstić information content (AvgIpc) is 3.08. The van der Waals surface area contributed by atoms with Gasteiger partial charge in [0.25, 0.3) is 0 Å². The van der Waals surface area contributed by atoms with Gasteiger partial charge in [0.1, 0.15) is 16.5 Å². The van der Waals surface area contributed by atoms with E-state index >= 15 is 0 Å². The van der Waals surface area contributed by atoms with Crippen LogP contribution in [0.15, 0.2) is 57.8 Å². The Morgan fingerprint density at radius 3 is 2.41 bits per heavy atom. The van der Waals surface area contributed by atoms with Crippen LogP contribution < -0.4 is 0 Å². The number of hydrogen-bond acceptors (Lipinski definition) is 5. The van der Waals surface area contributed by atoms with Gasteiger partial charge in [-0.05, 0) is 38.1 Å². The second-order valence-electron chi connectivity index (χ2n) is 6.09. The van der Waals surface area contributed by atoms with Gasteiger partial charge in [-0.3, -0.25) is 0 Å². The summed E-state index contributed by atoms with van der Waals surface area (Å²) in [7, 11) is -4.24. The number of halogens is 2. The van der Waals surface area contributed by atoms with Crippen molar-refractivity contribution in [1.29, 1.82) is 0 Å². The first-order valence-electron chi connectivity index (χ1n) is 8.13. The summed E-state index contributed by atoms with van der Waals surface area (Å²) >= 11 is 0. The highest BCUT2D eigenvalue weighted by Crippen LogP contribution is 2.25. The number of nitrogens with zero attached hydrogens (tertiary/aromatic N) is 3. The van der Waals surface area contributed by atoms with E-state index in [1.807, 2.05) is 6.07 Å². The molecule has 142 valence electrons. The topological polar surface area (TPSA) is 76.3 Å². The molecule has 6 nitrogen and oxygen atoms in total. The zero-order chi connectivity index (χ0) is 19.6. The molecule has 0 N–H and O–H groups in total. The van der Waals surface area contributed by atoms with Crippen molar-refractivity contribution in [2.24, 2.45) is 0 Å². The van der Waals surface area contributed by atoms with Gasteiger partial charge < -0.3 is 4.42 Å². The highest BCUT2D eigenvalue weighted by molar-refractivity contribution is 7.89. The van der Waals surface area contributed by atoms with Crippen LogP contribution in [-0.4, -0.2) is 29.0 Å². The number of hydrogen-bond donors (Lipinski definition) is 0. The molecule has 0 aliphatic rings. The predicted octanol–water partition coefficient (Wildman–Crippen LogP) is 3.61. The average molecular weight is 393 g/mol. The van der Waals surface area contributed by atoms with Crippen LogP contribution in [0.3, 0.4) is 0 Å². The predicted molar refractivity (Wildman–Crippen MR) is 94.0 cm³/mol. The molecule has 0 saturated heterocycles. The van der Waals surface area contributed by atoms with Gasteiger partial charge in [0, 0.05) is 17.7 Å². The quantitative estimate of drug-likeness (QED) is 0.639. The van der Waals surface area contributed by atoms with Crippen LogP contribution in [0.25, 0.3) is 11.5 Å². The fraction of sp³-hybridized carbons (Fsp3) is 0.222. The molecule has 0 radical (unpaired) electrons. The SMILES string of the molecule is CC(C)N(Cc1nnc(-c2ccccc2)o1)S(=O)(=O)c1ccc(F)cc1F. The third-order valence-corrected chi connectivity index (χ3v) is 5.89. The molecule has 2 aromatic carbocycles. The molecule has 0 saturated carbocycles. The molecule has 0 aliphatic heterocycles. The van der Waals surface area contributed by atoms with E-state index in [2.05, 4.69) is 10.2 Å². The van der Waals surface area contributed by atoms with Gasteiger partial charge in [-0.15, -0.1) is 10.2 Å². The van der Waals surface area contributed by atoms with Crippen molar-refractivity contribution >= 4 is 10.0 Å². The Morgan fingerprint density at radius 1 is 1.07 bits per heavy atom. The Balaban J connectivity index is 1.91. The summed E-state index contributed by atoms with van der Waals surface area (Å²) in [5.74, 6) is -1.70. The highest BCUT2D eigenvalue weighted by Gasteiger charge is 2.31. The molecule has 1 heterocycles. The maximum atomic E-state index is 14.0. The first kappa shape index (κ1) is 19.1. The van der Waals surface area contributed by atoms with Gasteiger partial charge in [-0.25, -0.2) is 17.2 Å². The maximum Gasteiger partial charge on any atom is 0.247 e. The van der Waals surface area contributed by atoms with E-state index < -0.39 is 32.6 Å². The Bertz CT molecular complexity index is 1040. The van der Waals surface area contributed by atoms with Gasteiger partial charge in [0.05, 0.1) is 6.54 Å². The summed E-state index contributed by atoms with van der Waals surface area (Å²) in [5, 5.41) is 7.80. The number of benzene rings is 2. The molecule has 0 amide bonds. The normalized spacial score (nSPS) is 12.1. The third kappa shape index (κ3) is 4.04. The zero-order valence-electron chi connectivity index (χ0n) is 14.6. The molecular weight excluding hydrogens is 376 g/mol. The van der Waals surface area contributed by atoms with Crippen LogP contribution in [0, 0.1) is 11.6 Å². The van der Waals surface area contributed by atoms with E-state index in [1.54, 1.807) is 38.1 Å². The van der Waals surface area contributed by atoms with Crippen LogP contribution in [0.2, 0.25) is 0 Å². The van der Waals surface area contributed by atoms with Crippen molar-refractivity contribution in [2.75, 3.05) is 0 Å². The molecular formula is C18H17F2N3O3S. The summed E-state index contributed by atoms with van der Waals surface area (Å²) in [4.78, 5) is -0.611. The summed E-state index contributed by atoms with van der Waals surface area (Å²) in [6.45, 7) is 3.03. The van der Waals surface area contributed by atoms with Crippen LogP contribution in [-0.2, 0) is 16.6 Å². The van der Waals surface area contributed by atoms with Crippen molar-refractivity contribution in [1.82, 2.24) is 14.5 Å². The summed E-state index contributed by atoms with van der Waals surface area (Å²) in [6, 6.07) is 10.8. The van der Waals surface area contributed by atoms with Gasteiger partial charge in [0.2, 0.25) is 21.8 Å². The van der Waals surface area contributed by atoms with Crippen molar-refractivity contribution < 1.29 is 21.6 Å². The number of rotatable bonds is 6. The van der Waals surface area contributed by atoms with Crippen LogP contribution >= 0.6 is 0 Å². The third-order valence-electron chi connectivity index (χ3n) is 3.84. The highest BCUT2D eigenvalue weighted by atomic mass is 32.2. The van der Waals surface area contributed by atoms with Crippen molar-refractivity contribution in [3.63, 3.8) is 0 Å². The number of aromatic nitrogens is 2. The lowest BCUT2D eigenvalue weighted by Gasteiger charge is -2.24. The Hall–Kier alpha value is -2.65. The minimum Gasteiger partial charge on any atom is -0.419 e. The van der Waals surface area contributed by atoms with Gasteiger partial charge in [-0.1, -0.05) is 18.2 Å². The molecule has 3 rings (SSSR count). The lowest BCUT2D eigenvalue weighted by Crippen LogP contribution is -2.37. The Morgan fingerprint density at radius 2 is 1.78 bits per heavy atom. The van der Waals surface area contributed by atoms with Gasteiger partial charge >= 0.3 is 0 Å². The van der Waals surface area contributed by atoms with Crippen LogP contribution in [0.1, 0.15) is 19.7 Å².